The van der Waals surface area contributed by atoms with Crippen molar-refractivity contribution >= 4 is 28.5 Å². The lowest BCUT2D eigenvalue weighted by molar-refractivity contribution is 0.227. The van der Waals surface area contributed by atoms with Crippen LogP contribution in [0.4, 0.5) is 17.5 Å². The van der Waals surface area contributed by atoms with Crippen LogP contribution in [0.3, 0.4) is 0 Å². The molecule has 0 saturated carbocycles. The number of nitrogens with zero attached hydrogens (tertiary/aromatic N) is 2. The first-order valence-electron chi connectivity index (χ1n) is 7.55. The summed E-state index contributed by atoms with van der Waals surface area (Å²) in [7, 11) is 1.61. The molecule has 0 unspecified atom stereocenters. The van der Waals surface area contributed by atoms with Crippen molar-refractivity contribution in [3.8, 4) is 0 Å². The molecule has 0 spiro atoms. The van der Waals surface area contributed by atoms with Crippen LogP contribution in [0.25, 0.3) is 11.0 Å². The average molecular weight is 324 g/mol. The molecule has 1 aromatic carbocycles. The molecule has 24 heavy (non-hydrogen) atoms. The number of nitrogens with two attached hydrogens (primary N) is 1. The molecule has 3 rings (SSSR count). The molecule has 0 fully saturated rings. The normalized spacial score (nSPS) is 10.8. The van der Waals surface area contributed by atoms with Crippen LogP contribution in [0.2, 0.25) is 0 Å². The van der Waals surface area contributed by atoms with Crippen LogP contribution in [0.5, 0.6) is 0 Å². The number of aromatic amines is 1. The van der Waals surface area contributed by atoms with Gasteiger partial charge in [0.1, 0.15) is 11.5 Å². The number of benzene rings is 1. The van der Waals surface area contributed by atoms with Gasteiger partial charge in [-0.3, -0.25) is 0 Å². The first-order chi connectivity index (χ1) is 11.7. The highest BCUT2D eigenvalue weighted by Gasteiger charge is 2.11. The fraction of sp³-hybridized carbons (Fsp3) is 0.176. The zero-order valence-corrected chi connectivity index (χ0v) is 13.5. The smallest absolute Gasteiger partial charge is 0.231 e. The number of para-hydroxylation sites is 1. The van der Waals surface area contributed by atoms with Gasteiger partial charge in [-0.1, -0.05) is 24.8 Å². The summed E-state index contributed by atoms with van der Waals surface area (Å²) in [6, 6.07) is 9.80. The van der Waals surface area contributed by atoms with E-state index in [1.807, 2.05) is 36.5 Å². The standard InChI is InChI=1S/C17H20N6O/c1-11(10-24-2)20-17-22-15-13(7-8-19-15)16(23-17)21-14-6-4-3-5-12(14)9-18/h3-8H,1,9-10,18H2,2H3,(H3,19,20,21,22,23). The van der Waals surface area contributed by atoms with Gasteiger partial charge < -0.3 is 26.1 Å². The summed E-state index contributed by atoms with van der Waals surface area (Å²) >= 11 is 0. The Bertz CT molecular complexity index is 857. The largest absolute Gasteiger partial charge is 0.379 e. The Morgan fingerprint density at radius 2 is 2.12 bits per heavy atom. The lowest BCUT2D eigenvalue weighted by Crippen LogP contribution is -2.09. The molecule has 0 bridgehead atoms. The summed E-state index contributed by atoms with van der Waals surface area (Å²) in [4.78, 5) is 12.1. The number of rotatable bonds is 7. The van der Waals surface area contributed by atoms with Gasteiger partial charge in [0.15, 0.2) is 0 Å². The molecule has 0 aliphatic carbocycles. The molecule has 2 heterocycles. The van der Waals surface area contributed by atoms with E-state index in [0.29, 0.717) is 30.6 Å². The maximum absolute atomic E-state index is 5.81. The van der Waals surface area contributed by atoms with Gasteiger partial charge in [0.2, 0.25) is 5.95 Å². The lowest BCUT2D eigenvalue weighted by atomic mass is 10.2. The zero-order valence-electron chi connectivity index (χ0n) is 13.5. The molecule has 0 radical (unpaired) electrons. The van der Waals surface area contributed by atoms with Crippen molar-refractivity contribution < 1.29 is 4.74 Å². The first-order valence-corrected chi connectivity index (χ1v) is 7.55. The van der Waals surface area contributed by atoms with Crippen LogP contribution in [0.15, 0.2) is 48.8 Å². The van der Waals surface area contributed by atoms with Gasteiger partial charge in [-0.15, -0.1) is 0 Å². The molecule has 124 valence electrons. The maximum atomic E-state index is 5.81. The Labute approximate surface area is 140 Å². The fourth-order valence-corrected chi connectivity index (χ4v) is 2.41. The Balaban J connectivity index is 1.96. The van der Waals surface area contributed by atoms with Crippen molar-refractivity contribution in [2.75, 3.05) is 24.4 Å². The quantitative estimate of drug-likeness (QED) is 0.533. The van der Waals surface area contributed by atoms with E-state index in [2.05, 4.69) is 32.2 Å². The third-order valence-corrected chi connectivity index (χ3v) is 3.51. The van der Waals surface area contributed by atoms with Crippen molar-refractivity contribution in [1.82, 2.24) is 15.0 Å². The Morgan fingerprint density at radius 3 is 2.92 bits per heavy atom. The SMILES string of the molecule is C=C(COC)Nc1nc(Nc2ccccc2CN)c2cc[nH]c2n1. The molecule has 5 N–H and O–H groups in total. The molecule has 0 aliphatic heterocycles. The van der Waals surface area contributed by atoms with Crippen LogP contribution in [0, 0.1) is 0 Å². The summed E-state index contributed by atoms with van der Waals surface area (Å²) in [6.07, 6.45) is 1.83. The summed E-state index contributed by atoms with van der Waals surface area (Å²) in [5, 5.41) is 7.29. The number of anilines is 3. The van der Waals surface area contributed by atoms with E-state index in [0.717, 1.165) is 22.3 Å². The second-order valence-corrected chi connectivity index (χ2v) is 5.28. The number of hydrogen-bond donors (Lipinski definition) is 4. The van der Waals surface area contributed by atoms with E-state index in [9.17, 15) is 0 Å². The van der Waals surface area contributed by atoms with Crippen LogP contribution in [0.1, 0.15) is 5.56 Å². The summed E-state index contributed by atoms with van der Waals surface area (Å²) in [5.41, 5.74) is 9.15. The van der Waals surface area contributed by atoms with Gasteiger partial charge in [0, 0.05) is 31.2 Å². The number of hydrogen-bond acceptors (Lipinski definition) is 6. The molecular formula is C17H20N6O. The van der Waals surface area contributed by atoms with Gasteiger partial charge in [0.25, 0.3) is 0 Å². The maximum Gasteiger partial charge on any atom is 0.231 e. The van der Waals surface area contributed by atoms with Gasteiger partial charge in [-0.05, 0) is 17.7 Å². The van der Waals surface area contributed by atoms with Gasteiger partial charge in [-0.2, -0.15) is 9.97 Å². The second-order valence-electron chi connectivity index (χ2n) is 5.28. The molecular weight excluding hydrogens is 304 g/mol. The third kappa shape index (κ3) is 3.37. The van der Waals surface area contributed by atoms with Crippen molar-refractivity contribution in [2.24, 2.45) is 5.73 Å². The average Bonchev–Trinajstić information content (AvgIpc) is 3.04. The van der Waals surface area contributed by atoms with Gasteiger partial charge >= 0.3 is 0 Å². The Hall–Kier alpha value is -2.90. The summed E-state index contributed by atoms with van der Waals surface area (Å²) in [6.45, 7) is 4.71. The van der Waals surface area contributed by atoms with Crippen LogP contribution < -0.4 is 16.4 Å². The molecule has 7 heteroatoms. The minimum Gasteiger partial charge on any atom is -0.379 e. The molecule has 7 nitrogen and oxygen atoms in total. The van der Waals surface area contributed by atoms with Crippen LogP contribution in [-0.4, -0.2) is 28.7 Å². The van der Waals surface area contributed by atoms with E-state index in [-0.39, 0.29) is 0 Å². The van der Waals surface area contributed by atoms with Crippen molar-refractivity contribution in [3.05, 3.63) is 54.4 Å². The number of nitrogens with one attached hydrogen (secondary N) is 3. The second kappa shape index (κ2) is 7.12. The fourth-order valence-electron chi connectivity index (χ4n) is 2.41. The van der Waals surface area contributed by atoms with Crippen molar-refractivity contribution in [1.29, 1.82) is 0 Å². The number of fused-ring (bicyclic) bond motifs is 1. The lowest BCUT2D eigenvalue weighted by Gasteiger charge is -2.13. The number of methoxy groups -OCH3 is 1. The van der Waals surface area contributed by atoms with Gasteiger partial charge in [-0.25, -0.2) is 0 Å². The van der Waals surface area contributed by atoms with Crippen molar-refractivity contribution in [2.45, 2.75) is 6.54 Å². The highest BCUT2D eigenvalue weighted by Crippen LogP contribution is 2.26. The number of ether oxygens (including phenoxy) is 1. The molecule has 0 aliphatic rings. The Morgan fingerprint density at radius 1 is 1.29 bits per heavy atom. The van der Waals surface area contributed by atoms with E-state index in [1.165, 1.54) is 0 Å². The zero-order chi connectivity index (χ0) is 16.9. The predicted octanol–water partition coefficient (Wildman–Crippen LogP) is 2.73. The molecule has 0 atom stereocenters. The van der Waals surface area contributed by atoms with Crippen LogP contribution >= 0.6 is 0 Å². The highest BCUT2D eigenvalue weighted by atomic mass is 16.5. The van der Waals surface area contributed by atoms with E-state index in [4.69, 9.17) is 10.5 Å². The first kappa shape index (κ1) is 16.0. The monoisotopic (exact) mass is 324 g/mol. The van der Waals surface area contributed by atoms with E-state index < -0.39 is 0 Å². The topological polar surface area (TPSA) is 101 Å². The van der Waals surface area contributed by atoms with Crippen LogP contribution in [-0.2, 0) is 11.3 Å². The third-order valence-electron chi connectivity index (χ3n) is 3.51. The minimum absolute atomic E-state index is 0.380. The highest BCUT2D eigenvalue weighted by molar-refractivity contribution is 5.90. The number of H-pyrrole nitrogens is 1. The molecule has 0 saturated heterocycles. The van der Waals surface area contributed by atoms with Crippen molar-refractivity contribution in [3.63, 3.8) is 0 Å². The van der Waals surface area contributed by atoms with E-state index >= 15 is 0 Å². The number of aromatic nitrogens is 3. The van der Waals surface area contributed by atoms with Gasteiger partial charge in [0.05, 0.1) is 12.0 Å². The molecule has 0 amide bonds. The van der Waals surface area contributed by atoms with E-state index in [1.54, 1.807) is 7.11 Å². The molecule has 3 aromatic rings. The molecule has 2 aromatic heterocycles. The predicted molar refractivity (Wildman–Crippen MR) is 96.1 cm³/mol. The Kier molecular flexibility index (Phi) is 4.74. The minimum atomic E-state index is 0.380. The summed E-state index contributed by atoms with van der Waals surface area (Å²) < 4.78 is 5.05. The summed E-state index contributed by atoms with van der Waals surface area (Å²) in [5.74, 6) is 1.13.